The Kier molecular flexibility index (Phi) is 4.71. The third kappa shape index (κ3) is 3.29. The predicted octanol–water partition coefficient (Wildman–Crippen LogP) is 2.06. The molecule has 2 amide bonds. The number of rotatable bonds is 6. The van der Waals surface area contributed by atoms with Crippen molar-refractivity contribution in [2.45, 2.75) is 51.5 Å². The van der Waals surface area contributed by atoms with Crippen LogP contribution in [-0.2, 0) is 4.79 Å². The van der Waals surface area contributed by atoms with E-state index in [9.17, 15) is 14.7 Å². The first-order chi connectivity index (χ1) is 10.0. The van der Waals surface area contributed by atoms with Crippen LogP contribution >= 0.6 is 0 Å². The number of urea groups is 1. The number of nitriles is 1. The van der Waals surface area contributed by atoms with Crippen LogP contribution in [0.5, 0.6) is 0 Å². The van der Waals surface area contributed by atoms with E-state index in [0.29, 0.717) is 38.9 Å². The van der Waals surface area contributed by atoms with Crippen molar-refractivity contribution in [2.24, 2.45) is 5.41 Å². The normalized spacial score (nSPS) is 24.7. The highest BCUT2D eigenvalue weighted by atomic mass is 16.4. The molecular formula is C15H23N3O3. The van der Waals surface area contributed by atoms with Gasteiger partial charge in [0.05, 0.1) is 17.9 Å². The largest absolute Gasteiger partial charge is 0.481 e. The Labute approximate surface area is 125 Å². The number of aliphatic carboxylic acids is 1. The van der Waals surface area contributed by atoms with Crippen LogP contribution in [0.2, 0.25) is 0 Å². The van der Waals surface area contributed by atoms with Gasteiger partial charge >= 0.3 is 12.0 Å². The van der Waals surface area contributed by atoms with E-state index < -0.39 is 11.4 Å². The van der Waals surface area contributed by atoms with E-state index in [4.69, 9.17) is 5.26 Å². The summed E-state index contributed by atoms with van der Waals surface area (Å²) < 4.78 is 0. The molecule has 1 saturated heterocycles. The molecule has 1 unspecified atom stereocenters. The fraction of sp³-hybridized carbons (Fsp3) is 0.800. The minimum absolute atomic E-state index is 0.0908. The number of amides is 2. The van der Waals surface area contributed by atoms with Gasteiger partial charge in [-0.15, -0.1) is 0 Å². The van der Waals surface area contributed by atoms with Gasteiger partial charge in [-0.25, -0.2) is 4.79 Å². The average Bonchev–Trinajstić information content (AvgIpc) is 3.19. The molecule has 1 N–H and O–H groups in total. The van der Waals surface area contributed by atoms with Crippen LogP contribution < -0.4 is 0 Å². The van der Waals surface area contributed by atoms with E-state index in [1.165, 1.54) is 0 Å². The summed E-state index contributed by atoms with van der Waals surface area (Å²) in [5, 5.41) is 18.2. The summed E-state index contributed by atoms with van der Waals surface area (Å²) in [5.41, 5.74) is -0.783. The van der Waals surface area contributed by atoms with E-state index in [-0.39, 0.29) is 12.1 Å². The molecule has 0 aromatic carbocycles. The summed E-state index contributed by atoms with van der Waals surface area (Å²) in [6, 6.07) is 2.23. The van der Waals surface area contributed by atoms with Crippen molar-refractivity contribution < 1.29 is 14.7 Å². The molecule has 1 heterocycles. The van der Waals surface area contributed by atoms with Crippen LogP contribution in [-0.4, -0.2) is 52.6 Å². The zero-order valence-corrected chi connectivity index (χ0v) is 12.5. The van der Waals surface area contributed by atoms with E-state index in [1.54, 1.807) is 9.80 Å². The zero-order chi connectivity index (χ0) is 15.5. The van der Waals surface area contributed by atoms with Crippen molar-refractivity contribution in [3.05, 3.63) is 0 Å². The standard InChI is InChI=1S/C15H23N3O3/c1-2-6-15(13(19)20)7-10-17(11-15)14(21)18(9-3-8-16)12-4-5-12/h12H,2-7,9-11H2,1H3,(H,19,20). The SMILES string of the molecule is CCCC1(C(=O)O)CCN(C(=O)N(CCC#N)C2CC2)C1. The van der Waals surface area contributed by atoms with Crippen LogP contribution in [0.3, 0.4) is 0 Å². The van der Waals surface area contributed by atoms with Gasteiger partial charge < -0.3 is 14.9 Å². The molecule has 21 heavy (non-hydrogen) atoms. The molecular weight excluding hydrogens is 270 g/mol. The monoisotopic (exact) mass is 293 g/mol. The maximum Gasteiger partial charge on any atom is 0.320 e. The lowest BCUT2D eigenvalue weighted by atomic mass is 9.83. The lowest BCUT2D eigenvalue weighted by Gasteiger charge is -2.29. The number of hydrogen-bond donors (Lipinski definition) is 1. The van der Waals surface area contributed by atoms with Crippen LogP contribution in [0.25, 0.3) is 0 Å². The van der Waals surface area contributed by atoms with Crippen molar-refractivity contribution in [1.82, 2.24) is 9.80 Å². The second kappa shape index (κ2) is 6.33. The Hall–Kier alpha value is -1.77. The van der Waals surface area contributed by atoms with E-state index in [1.807, 2.05) is 6.92 Å². The number of likely N-dealkylation sites (tertiary alicyclic amines) is 1. The van der Waals surface area contributed by atoms with Gasteiger partial charge in [0.2, 0.25) is 0 Å². The smallest absolute Gasteiger partial charge is 0.320 e. The molecule has 6 nitrogen and oxygen atoms in total. The highest BCUT2D eigenvalue weighted by Crippen LogP contribution is 2.37. The van der Waals surface area contributed by atoms with Gasteiger partial charge in [0.15, 0.2) is 0 Å². The Morgan fingerprint density at radius 3 is 2.71 bits per heavy atom. The van der Waals surface area contributed by atoms with Gasteiger partial charge in [0, 0.05) is 25.7 Å². The van der Waals surface area contributed by atoms with Gasteiger partial charge in [0.25, 0.3) is 0 Å². The summed E-state index contributed by atoms with van der Waals surface area (Å²) in [5.74, 6) is -0.797. The molecule has 6 heteroatoms. The lowest BCUT2D eigenvalue weighted by molar-refractivity contribution is -0.148. The van der Waals surface area contributed by atoms with Gasteiger partial charge in [-0.05, 0) is 25.7 Å². The molecule has 1 aliphatic carbocycles. The Morgan fingerprint density at radius 2 is 2.19 bits per heavy atom. The maximum absolute atomic E-state index is 12.6. The first-order valence-electron chi connectivity index (χ1n) is 7.70. The minimum Gasteiger partial charge on any atom is -0.481 e. The van der Waals surface area contributed by atoms with E-state index >= 15 is 0 Å². The summed E-state index contributed by atoms with van der Waals surface area (Å²) in [6.07, 6.45) is 4.24. The fourth-order valence-corrected chi connectivity index (χ4v) is 3.17. The molecule has 2 aliphatic rings. The van der Waals surface area contributed by atoms with Crippen molar-refractivity contribution >= 4 is 12.0 Å². The molecule has 1 saturated carbocycles. The van der Waals surface area contributed by atoms with E-state index in [2.05, 4.69) is 6.07 Å². The highest BCUT2D eigenvalue weighted by molar-refractivity contribution is 5.80. The Balaban J connectivity index is 2.03. The van der Waals surface area contributed by atoms with Gasteiger partial charge in [0.1, 0.15) is 0 Å². The summed E-state index contributed by atoms with van der Waals surface area (Å²) in [7, 11) is 0. The van der Waals surface area contributed by atoms with Gasteiger partial charge in [-0.1, -0.05) is 13.3 Å². The third-order valence-electron chi connectivity index (χ3n) is 4.50. The first kappa shape index (κ1) is 15.6. The van der Waals surface area contributed by atoms with Crippen molar-refractivity contribution in [3.63, 3.8) is 0 Å². The quantitative estimate of drug-likeness (QED) is 0.812. The van der Waals surface area contributed by atoms with E-state index in [0.717, 1.165) is 19.3 Å². The van der Waals surface area contributed by atoms with Crippen LogP contribution in [0.4, 0.5) is 4.79 Å². The lowest BCUT2D eigenvalue weighted by Crippen LogP contribution is -2.45. The third-order valence-corrected chi connectivity index (χ3v) is 4.50. The topological polar surface area (TPSA) is 84.6 Å². The molecule has 0 aromatic rings. The van der Waals surface area contributed by atoms with Crippen molar-refractivity contribution in [3.8, 4) is 6.07 Å². The van der Waals surface area contributed by atoms with Crippen molar-refractivity contribution in [1.29, 1.82) is 5.26 Å². The molecule has 2 fully saturated rings. The molecule has 0 aromatic heterocycles. The summed E-state index contributed by atoms with van der Waals surface area (Å²) in [4.78, 5) is 27.6. The summed E-state index contributed by atoms with van der Waals surface area (Å²) in [6.45, 7) is 3.22. The molecule has 0 bridgehead atoms. The van der Waals surface area contributed by atoms with Crippen LogP contribution in [0.15, 0.2) is 0 Å². The van der Waals surface area contributed by atoms with Gasteiger partial charge in [-0.3, -0.25) is 4.79 Å². The second-order valence-electron chi connectivity index (χ2n) is 6.12. The zero-order valence-electron chi connectivity index (χ0n) is 12.5. The number of carbonyl (C=O) groups excluding carboxylic acids is 1. The predicted molar refractivity (Wildman–Crippen MR) is 76.5 cm³/mol. The number of carboxylic acids is 1. The van der Waals surface area contributed by atoms with Gasteiger partial charge in [-0.2, -0.15) is 5.26 Å². The molecule has 116 valence electrons. The molecule has 2 rings (SSSR count). The second-order valence-corrected chi connectivity index (χ2v) is 6.12. The number of carbonyl (C=O) groups is 2. The molecule has 0 radical (unpaired) electrons. The Morgan fingerprint density at radius 1 is 1.48 bits per heavy atom. The average molecular weight is 293 g/mol. The minimum atomic E-state index is -0.797. The highest BCUT2D eigenvalue weighted by Gasteiger charge is 2.47. The fourth-order valence-electron chi connectivity index (χ4n) is 3.17. The van der Waals surface area contributed by atoms with Crippen molar-refractivity contribution in [2.75, 3.05) is 19.6 Å². The number of carboxylic acid groups (broad SMARTS) is 1. The molecule has 0 spiro atoms. The molecule has 1 aliphatic heterocycles. The maximum atomic E-state index is 12.6. The van der Waals surface area contributed by atoms with Crippen LogP contribution in [0, 0.1) is 16.7 Å². The van der Waals surface area contributed by atoms with Crippen LogP contribution in [0.1, 0.15) is 45.4 Å². The number of hydrogen-bond acceptors (Lipinski definition) is 3. The first-order valence-corrected chi connectivity index (χ1v) is 7.70. The Bertz CT molecular complexity index is 456. The molecule has 1 atom stereocenters. The summed E-state index contributed by atoms with van der Waals surface area (Å²) >= 11 is 0. The number of nitrogens with zero attached hydrogens (tertiary/aromatic N) is 3.